The number of likely N-dealkylation sites (tertiary alicyclic amines) is 1. The van der Waals surface area contributed by atoms with Crippen LogP contribution in [0.3, 0.4) is 0 Å². The van der Waals surface area contributed by atoms with Gasteiger partial charge >= 0.3 is 5.97 Å². The van der Waals surface area contributed by atoms with Crippen LogP contribution in [0.4, 0.5) is 10.2 Å². The van der Waals surface area contributed by atoms with Crippen molar-refractivity contribution in [2.45, 2.75) is 49.3 Å². The molecule has 2 atom stereocenters. The number of carbonyl (C=O) groups is 1. The molecule has 0 amide bonds. The summed E-state index contributed by atoms with van der Waals surface area (Å²) < 4.78 is 46.8. The topological polar surface area (TPSA) is 115 Å². The molecule has 2 saturated heterocycles. The third-order valence-corrected chi connectivity index (χ3v) is 9.85. The van der Waals surface area contributed by atoms with E-state index in [-0.39, 0.29) is 22.7 Å². The van der Waals surface area contributed by atoms with Gasteiger partial charge in [0.05, 0.1) is 29.1 Å². The Labute approximate surface area is 221 Å². The van der Waals surface area contributed by atoms with Gasteiger partial charge in [-0.1, -0.05) is 10.5 Å². The number of nitrogens with zero attached hydrogens (tertiary/aromatic N) is 4. The molecule has 5 rings (SSSR count). The molecule has 0 radical (unpaired) electrons. The highest BCUT2D eigenvalue weighted by molar-refractivity contribution is 7.89. The number of aliphatic hydroxyl groups excluding tert-OH is 1. The number of benzene rings is 2. The number of cyclic esters (lactones) is 1. The molecule has 204 valence electrons. The summed E-state index contributed by atoms with van der Waals surface area (Å²) in [5.41, 5.74) is 3.07. The maximum atomic E-state index is 13.7. The van der Waals surface area contributed by atoms with Gasteiger partial charge in [0.2, 0.25) is 10.0 Å². The van der Waals surface area contributed by atoms with Crippen molar-refractivity contribution in [1.29, 1.82) is 0 Å². The molecule has 12 heteroatoms. The fourth-order valence-corrected chi connectivity index (χ4v) is 7.75. The number of fused-ring (bicyclic) bond motifs is 1. The van der Waals surface area contributed by atoms with E-state index in [1.54, 1.807) is 28.6 Å². The minimum absolute atomic E-state index is 0.159. The molecular weight excluding hydrogens is 513 g/mol. The maximum Gasteiger partial charge on any atom is 0.338 e. The highest BCUT2D eigenvalue weighted by Crippen LogP contribution is 2.42. The molecule has 2 fully saturated rings. The summed E-state index contributed by atoms with van der Waals surface area (Å²) in [6.45, 7) is 4.16. The number of hydrogen-bond acceptors (Lipinski definition) is 8. The van der Waals surface area contributed by atoms with E-state index < -0.39 is 21.7 Å². The maximum absolute atomic E-state index is 13.7. The molecule has 3 aliphatic heterocycles. The fourth-order valence-electron chi connectivity index (χ4n) is 5.90. The lowest BCUT2D eigenvalue weighted by Gasteiger charge is -2.34. The number of β-amino-alcohol motifs (C(OH)–C–C–N with tert-alkyl or cyclic N) is 1. The van der Waals surface area contributed by atoms with Gasteiger partial charge in [-0.15, -0.1) is 10.3 Å². The second-order valence-corrected chi connectivity index (χ2v) is 12.0. The summed E-state index contributed by atoms with van der Waals surface area (Å²) in [7, 11) is -2.59. The van der Waals surface area contributed by atoms with Gasteiger partial charge in [-0.05, 0) is 67.6 Å². The molecule has 10 nitrogen and oxygen atoms in total. The summed E-state index contributed by atoms with van der Waals surface area (Å²) in [5, 5.41) is 17.5. The molecular formula is C26H32FN5O5S. The fraction of sp³-hybridized carbons (Fsp3) is 0.462. The Bertz CT molecular complexity index is 1350. The van der Waals surface area contributed by atoms with Crippen LogP contribution in [0.5, 0.6) is 0 Å². The summed E-state index contributed by atoms with van der Waals surface area (Å²) in [6.07, 6.45) is 2.65. The van der Waals surface area contributed by atoms with Crippen LogP contribution < -0.4 is 5.32 Å². The Kier molecular flexibility index (Phi) is 7.16. The molecule has 1 spiro atoms. The quantitative estimate of drug-likeness (QED) is 0.171. The van der Waals surface area contributed by atoms with Gasteiger partial charge in [0.1, 0.15) is 12.9 Å². The van der Waals surface area contributed by atoms with Gasteiger partial charge in [0.25, 0.3) is 0 Å². The molecule has 0 aliphatic carbocycles. The van der Waals surface area contributed by atoms with Crippen molar-refractivity contribution >= 4 is 28.0 Å². The number of nitrogens with one attached hydrogen (secondary N) is 1. The van der Waals surface area contributed by atoms with E-state index in [0.29, 0.717) is 43.9 Å². The molecule has 2 aromatic rings. The van der Waals surface area contributed by atoms with Gasteiger partial charge in [-0.25, -0.2) is 13.2 Å². The number of rotatable bonds is 8. The average Bonchev–Trinajstić information content (AvgIpc) is 3.59. The van der Waals surface area contributed by atoms with E-state index in [1.807, 2.05) is 6.92 Å². The zero-order chi connectivity index (χ0) is 27.1. The largest absolute Gasteiger partial charge is 0.457 e. The molecule has 3 heterocycles. The van der Waals surface area contributed by atoms with E-state index in [1.165, 1.54) is 18.5 Å². The first kappa shape index (κ1) is 26.5. The van der Waals surface area contributed by atoms with Gasteiger partial charge < -0.3 is 15.2 Å². The number of sulfonamides is 1. The third kappa shape index (κ3) is 4.89. The van der Waals surface area contributed by atoms with E-state index in [0.717, 1.165) is 36.6 Å². The van der Waals surface area contributed by atoms with E-state index in [4.69, 9.17) is 4.74 Å². The van der Waals surface area contributed by atoms with Crippen molar-refractivity contribution in [3.05, 3.63) is 58.7 Å². The zero-order valence-electron chi connectivity index (χ0n) is 21.4. The first-order valence-electron chi connectivity index (χ1n) is 12.6. The highest BCUT2D eigenvalue weighted by atomic mass is 32.2. The van der Waals surface area contributed by atoms with Gasteiger partial charge in [-0.3, -0.25) is 4.90 Å². The third-order valence-electron chi connectivity index (χ3n) is 7.83. The molecule has 0 bridgehead atoms. The van der Waals surface area contributed by atoms with Crippen molar-refractivity contribution < 1.29 is 27.5 Å². The number of carbonyl (C=O) groups excluding carboxylic acids is 1. The van der Waals surface area contributed by atoms with Crippen LogP contribution in [0, 0.1) is 6.92 Å². The van der Waals surface area contributed by atoms with E-state index in [9.17, 15) is 22.8 Å². The van der Waals surface area contributed by atoms with E-state index in [2.05, 4.69) is 15.3 Å². The second-order valence-electron chi connectivity index (χ2n) is 10.1. The number of hydrogen-bond donors (Lipinski definition) is 2. The highest BCUT2D eigenvalue weighted by Gasteiger charge is 2.51. The average molecular weight is 546 g/mol. The molecule has 1 unspecified atom stereocenters. The van der Waals surface area contributed by atoms with Gasteiger partial charge in [0, 0.05) is 37.4 Å². The normalized spacial score (nSPS) is 22.8. The summed E-state index contributed by atoms with van der Waals surface area (Å²) >= 11 is 0. The smallest absolute Gasteiger partial charge is 0.338 e. The number of hydrazone groups is 1. The molecule has 38 heavy (non-hydrogen) atoms. The number of anilines is 1. The van der Waals surface area contributed by atoms with Crippen LogP contribution >= 0.6 is 0 Å². The van der Waals surface area contributed by atoms with Crippen LogP contribution in [-0.4, -0.2) is 79.0 Å². The predicted molar refractivity (Wildman–Crippen MR) is 140 cm³/mol. The van der Waals surface area contributed by atoms with Gasteiger partial charge in [0.15, 0.2) is 0 Å². The van der Waals surface area contributed by atoms with E-state index >= 15 is 0 Å². The lowest BCUT2D eigenvalue weighted by atomic mass is 9.95. The van der Waals surface area contributed by atoms with Crippen LogP contribution in [0.2, 0.25) is 0 Å². The van der Waals surface area contributed by atoms with Crippen LogP contribution in [0.25, 0.3) is 0 Å². The molecule has 2 aromatic carbocycles. The summed E-state index contributed by atoms with van der Waals surface area (Å²) in [6, 6.07) is 9.81. The molecule has 3 aliphatic rings. The SMILES string of the molecule is Cc1c([C@@H](O)CN2CCC3(CCCN3S(=O)(=O)c3ccc(N/C=N\N(C)F)cc3)C2)ccc2c1COC2=O. The van der Waals surface area contributed by atoms with Crippen molar-refractivity contribution in [2.24, 2.45) is 5.10 Å². The van der Waals surface area contributed by atoms with Crippen LogP contribution in [0.1, 0.15) is 52.4 Å². The monoisotopic (exact) mass is 545 g/mol. The molecule has 0 aromatic heterocycles. The first-order valence-corrected chi connectivity index (χ1v) is 14.1. The number of halogens is 1. The van der Waals surface area contributed by atoms with Crippen molar-refractivity contribution in [3.8, 4) is 0 Å². The minimum atomic E-state index is -3.74. The summed E-state index contributed by atoms with van der Waals surface area (Å²) in [5.74, 6) is -0.336. The number of esters is 1. The number of ether oxygens (including phenoxy) is 1. The number of aliphatic hydroxyl groups is 1. The first-order chi connectivity index (χ1) is 18.1. The van der Waals surface area contributed by atoms with Crippen molar-refractivity contribution in [1.82, 2.24) is 14.4 Å². The Morgan fingerprint density at radius 3 is 2.74 bits per heavy atom. The lowest BCUT2D eigenvalue weighted by molar-refractivity contribution is 0.0534. The Balaban J connectivity index is 1.27. The van der Waals surface area contributed by atoms with Crippen LogP contribution in [-0.2, 0) is 21.4 Å². The minimum Gasteiger partial charge on any atom is -0.457 e. The Morgan fingerprint density at radius 2 is 2.00 bits per heavy atom. The van der Waals surface area contributed by atoms with Crippen molar-refractivity contribution in [2.75, 3.05) is 38.5 Å². The molecule has 0 saturated carbocycles. The van der Waals surface area contributed by atoms with Crippen molar-refractivity contribution in [3.63, 3.8) is 0 Å². The molecule has 2 N–H and O–H groups in total. The van der Waals surface area contributed by atoms with Crippen LogP contribution in [0.15, 0.2) is 46.4 Å². The second kappa shape index (κ2) is 10.3. The Morgan fingerprint density at radius 1 is 1.24 bits per heavy atom. The zero-order valence-corrected chi connectivity index (χ0v) is 22.2. The lowest BCUT2D eigenvalue weighted by Crippen LogP contribution is -2.49. The van der Waals surface area contributed by atoms with Gasteiger partial charge in [-0.2, -0.15) is 4.31 Å². The predicted octanol–water partition coefficient (Wildman–Crippen LogP) is 2.80. The standard InChI is InChI=1S/C26H32FN5O5S/c1-18-21(8-9-22-23(18)15-37-25(22)34)24(33)14-31-13-11-26(16-31)10-3-12-32(26)38(35,36)20-6-4-19(5-7-20)28-17-29-30(2)27/h4-9,17,24,33H,3,10-16H2,1-2H3,(H,28,29)/t24-,26?/m0/s1. The summed E-state index contributed by atoms with van der Waals surface area (Å²) in [4.78, 5) is 14.2. The Hall–Kier alpha value is -3.06.